The Morgan fingerprint density at radius 3 is 2.21 bits per heavy atom. The molecule has 0 radical (unpaired) electrons. The van der Waals surface area contributed by atoms with Gasteiger partial charge < -0.3 is 9.16 Å². The van der Waals surface area contributed by atoms with Crippen LogP contribution in [0.3, 0.4) is 0 Å². The largest absolute Gasteiger partial charge is 0.547 e. The predicted octanol–water partition coefficient (Wildman–Crippen LogP) is 2.69. The second-order valence-corrected chi connectivity index (χ2v) is 8.70. The molecule has 82 valence electrons. The summed E-state index contributed by atoms with van der Waals surface area (Å²) in [5.41, 5.74) is 0.517. The third kappa shape index (κ3) is 4.46. The molecule has 0 N–H and O–H groups in total. The van der Waals surface area contributed by atoms with Crippen molar-refractivity contribution in [1.82, 2.24) is 0 Å². The lowest BCUT2D eigenvalue weighted by Gasteiger charge is -2.28. The molecule has 0 aliphatic carbocycles. The van der Waals surface area contributed by atoms with Crippen LogP contribution in [0.5, 0.6) is 0 Å². The Morgan fingerprint density at radius 1 is 1.36 bits per heavy atom. The number of esters is 1. The Bertz CT molecular complexity index is 232. The summed E-state index contributed by atoms with van der Waals surface area (Å²) in [5, 5.41) is 0. The van der Waals surface area contributed by atoms with Crippen molar-refractivity contribution in [3.05, 3.63) is 11.8 Å². The van der Waals surface area contributed by atoms with E-state index in [1.165, 1.54) is 13.2 Å². The fourth-order valence-electron chi connectivity index (χ4n) is 0.787. The molecular weight excluding hydrogens is 196 g/mol. The first kappa shape index (κ1) is 13.2. The lowest BCUT2D eigenvalue weighted by atomic mass is 10.5. The number of ether oxygens (including phenoxy) is 1. The first-order valence-electron chi connectivity index (χ1n) is 4.75. The number of methoxy groups -OCH3 is 1. The van der Waals surface area contributed by atoms with Crippen LogP contribution in [0.2, 0.25) is 18.6 Å². The third-order valence-electron chi connectivity index (χ3n) is 2.34. The van der Waals surface area contributed by atoms with E-state index in [9.17, 15) is 4.79 Å². The maximum atomic E-state index is 10.9. The smallest absolute Gasteiger partial charge is 0.333 e. The molecule has 0 amide bonds. The summed E-state index contributed by atoms with van der Waals surface area (Å²) < 4.78 is 10.3. The Kier molecular flexibility index (Phi) is 4.91. The van der Waals surface area contributed by atoms with Crippen LogP contribution in [-0.2, 0) is 14.0 Å². The van der Waals surface area contributed by atoms with Gasteiger partial charge in [0.25, 0.3) is 0 Å². The van der Waals surface area contributed by atoms with Gasteiger partial charge in [0, 0.05) is 0 Å². The van der Waals surface area contributed by atoms with Gasteiger partial charge in [-0.3, -0.25) is 0 Å². The van der Waals surface area contributed by atoms with Crippen molar-refractivity contribution >= 4 is 14.3 Å². The van der Waals surface area contributed by atoms with E-state index in [1.54, 1.807) is 6.92 Å². The molecule has 0 saturated carbocycles. The number of carbonyl (C=O) groups is 1. The first-order valence-corrected chi connectivity index (χ1v) is 7.73. The van der Waals surface area contributed by atoms with Crippen molar-refractivity contribution in [3.8, 4) is 0 Å². The normalized spacial score (nSPS) is 12.9. The van der Waals surface area contributed by atoms with Gasteiger partial charge >= 0.3 is 5.97 Å². The molecule has 0 fully saturated rings. The van der Waals surface area contributed by atoms with Crippen LogP contribution in [0.15, 0.2) is 11.8 Å². The summed E-state index contributed by atoms with van der Waals surface area (Å²) in [5.74, 6) is 0.276. The highest BCUT2D eigenvalue weighted by molar-refractivity contribution is 6.72. The maximum absolute atomic E-state index is 10.9. The van der Waals surface area contributed by atoms with Crippen LogP contribution in [0.25, 0.3) is 0 Å². The van der Waals surface area contributed by atoms with Gasteiger partial charge in [-0.25, -0.2) is 4.79 Å². The van der Waals surface area contributed by atoms with Crippen molar-refractivity contribution in [3.63, 3.8) is 0 Å². The van der Waals surface area contributed by atoms with Gasteiger partial charge in [0.15, 0.2) is 0 Å². The average molecular weight is 216 g/mol. The molecule has 0 heterocycles. The van der Waals surface area contributed by atoms with Crippen molar-refractivity contribution in [1.29, 1.82) is 0 Å². The van der Waals surface area contributed by atoms with E-state index in [0.717, 1.165) is 0 Å². The summed E-state index contributed by atoms with van der Waals surface area (Å²) in [6.45, 7) is 10.3. The number of hydrogen-bond donors (Lipinski definition) is 0. The van der Waals surface area contributed by atoms with Gasteiger partial charge in [-0.2, -0.15) is 0 Å². The van der Waals surface area contributed by atoms with E-state index in [2.05, 4.69) is 31.7 Å². The molecule has 4 heteroatoms. The van der Waals surface area contributed by atoms with Gasteiger partial charge in [0.1, 0.15) is 0 Å². The minimum Gasteiger partial charge on any atom is -0.547 e. The van der Waals surface area contributed by atoms with Crippen LogP contribution < -0.4 is 0 Å². The quantitative estimate of drug-likeness (QED) is 0.314. The Labute approximate surface area is 87.2 Å². The van der Waals surface area contributed by atoms with Gasteiger partial charge in [0.2, 0.25) is 8.32 Å². The first-order chi connectivity index (χ1) is 6.29. The lowest BCUT2D eigenvalue weighted by molar-refractivity contribution is -0.135. The molecule has 0 aliphatic rings. The Balaban J connectivity index is 4.38. The molecule has 0 rings (SSSR count). The average Bonchev–Trinajstić information content (AvgIpc) is 2.02. The summed E-state index contributed by atoms with van der Waals surface area (Å²) in [4.78, 5) is 10.9. The second kappa shape index (κ2) is 5.19. The van der Waals surface area contributed by atoms with Crippen LogP contribution in [0, 0.1) is 0 Å². The molecule has 0 aromatic heterocycles. The minimum absolute atomic E-state index is 0.365. The molecule has 0 aromatic rings. The summed E-state index contributed by atoms with van der Waals surface area (Å²) in [7, 11) is -0.341. The molecule has 0 aliphatic heterocycles. The third-order valence-corrected chi connectivity index (χ3v) is 5.97. The SMILES string of the molecule is COC(=O)C=C(C)O[Si](C)(C)C(C)C. The van der Waals surface area contributed by atoms with Crippen LogP contribution >= 0.6 is 0 Å². The molecule has 3 nitrogen and oxygen atoms in total. The number of carbonyl (C=O) groups excluding carboxylic acids is 1. The summed E-state index contributed by atoms with van der Waals surface area (Å²) in [6, 6.07) is 0. The highest BCUT2D eigenvalue weighted by atomic mass is 28.4. The monoisotopic (exact) mass is 216 g/mol. The predicted molar refractivity (Wildman–Crippen MR) is 59.4 cm³/mol. The Hall–Kier alpha value is -0.773. The number of allylic oxidation sites excluding steroid dienone is 1. The molecule has 0 bridgehead atoms. The standard InChI is InChI=1S/C10H20O3Si/c1-8(2)14(5,6)13-9(3)7-10(11)12-4/h7-8H,1-6H3. The Morgan fingerprint density at radius 2 is 1.86 bits per heavy atom. The van der Waals surface area contributed by atoms with Gasteiger partial charge in [-0.15, -0.1) is 0 Å². The van der Waals surface area contributed by atoms with E-state index in [4.69, 9.17) is 4.43 Å². The zero-order valence-corrected chi connectivity index (χ0v) is 10.9. The lowest BCUT2D eigenvalue weighted by Crippen LogP contribution is -2.33. The van der Waals surface area contributed by atoms with E-state index >= 15 is 0 Å². The summed E-state index contributed by atoms with van der Waals surface area (Å²) >= 11 is 0. The highest BCUT2D eigenvalue weighted by Gasteiger charge is 2.28. The molecule has 0 unspecified atom stereocenters. The molecule has 0 aromatic carbocycles. The van der Waals surface area contributed by atoms with Gasteiger partial charge in [0.05, 0.1) is 18.9 Å². The number of rotatable bonds is 4. The summed E-state index contributed by atoms with van der Waals surface area (Å²) in [6.07, 6.45) is 1.39. The van der Waals surface area contributed by atoms with Crippen molar-refractivity contribution in [2.45, 2.75) is 39.4 Å². The molecule has 0 atom stereocenters. The van der Waals surface area contributed by atoms with Crippen molar-refractivity contribution < 1.29 is 14.0 Å². The van der Waals surface area contributed by atoms with Gasteiger partial charge in [-0.05, 0) is 25.6 Å². The number of hydrogen-bond acceptors (Lipinski definition) is 3. The molecule has 0 spiro atoms. The zero-order valence-electron chi connectivity index (χ0n) is 9.88. The van der Waals surface area contributed by atoms with Crippen LogP contribution in [-0.4, -0.2) is 21.4 Å². The fourth-order valence-corrected chi connectivity index (χ4v) is 1.91. The molecule has 0 saturated heterocycles. The van der Waals surface area contributed by atoms with Crippen LogP contribution in [0.4, 0.5) is 0 Å². The van der Waals surface area contributed by atoms with E-state index < -0.39 is 8.32 Å². The fraction of sp³-hybridized carbons (Fsp3) is 0.700. The maximum Gasteiger partial charge on any atom is 0.333 e. The minimum atomic E-state index is -1.70. The zero-order chi connectivity index (χ0) is 11.4. The van der Waals surface area contributed by atoms with Gasteiger partial charge in [-0.1, -0.05) is 13.8 Å². The van der Waals surface area contributed by atoms with Crippen molar-refractivity contribution in [2.75, 3.05) is 7.11 Å². The molecule has 14 heavy (non-hydrogen) atoms. The second-order valence-electron chi connectivity index (χ2n) is 4.14. The topological polar surface area (TPSA) is 35.5 Å². The van der Waals surface area contributed by atoms with Crippen molar-refractivity contribution in [2.24, 2.45) is 0 Å². The van der Waals surface area contributed by atoms with Crippen LogP contribution in [0.1, 0.15) is 20.8 Å². The van der Waals surface area contributed by atoms with E-state index in [1.807, 2.05) is 0 Å². The highest BCUT2D eigenvalue weighted by Crippen LogP contribution is 2.23. The molecular formula is C10H20O3Si. The van der Waals surface area contributed by atoms with E-state index in [0.29, 0.717) is 11.3 Å². The van der Waals surface area contributed by atoms with E-state index in [-0.39, 0.29) is 5.97 Å².